The number of carbonyl (C=O) groups excluding carboxylic acids is 1. The summed E-state index contributed by atoms with van der Waals surface area (Å²) in [5.41, 5.74) is 2.72. The van der Waals surface area contributed by atoms with Gasteiger partial charge in [0.15, 0.2) is 11.5 Å². The summed E-state index contributed by atoms with van der Waals surface area (Å²) in [6, 6.07) is 18.3. The topological polar surface area (TPSA) is 84.2 Å². The lowest BCUT2D eigenvalue weighted by molar-refractivity contribution is -0.116. The Balaban J connectivity index is 1.39. The van der Waals surface area contributed by atoms with Crippen molar-refractivity contribution in [3.63, 3.8) is 0 Å². The van der Waals surface area contributed by atoms with Crippen molar-refractivity contribution in [3.8, 4) is 0 Å². The summed E-state index contributed by atoms with van der Waals surface area (Å²) in [5, 5.41) is 18.8. The zero-order valence-electron chi connectivity index (χ0n) is 16.5. The molecule has 0 atom stereocenters. The summed E-state index contributed by atoms with van der Waals surface area (Å²) >= 11 is 0. The zero-order valence-corrected chi connectivity index (χ0v) is 16.5. The number of nitrogens with one attached hydrogen (secondary N) is 2. The van der Waals surface area contributed by atoms with E-state index in [0.717, 1.165) is 5.56 Å². The number of fused-ring (bicyclic) bond motifs is 1. The number of aromatic nitrogens is 4. The second-order valence-electron chi connectivity index (χ2n) is 6.96. The van der Waals surface area contributed by atoms with Crippen molar-refractivity contribution in [1.29, 1.82) is 0 Å². The molecule has 2 aromatic carbocycles. The number of anilines is 2. The third kappa shape index (κ3) is 4.60. The molecular formula is C22H21FN6O. The highest BCUT2D eigenvalue weighted by atomic mass is 19.1. The molecule has 2 heterocycles. The van der Waals surface area contributed by atoms with Gasteiger partial charge in [-0.25, -0.2) is 4.39 Å². The monoisotopic (exact) mass is 404 g/mol. The van der Waals surface area contributed by atoms with Crippen molar-refractivity contribution in [2.75, 3.05) is 10.6 Å². The van der Waals surface area contributed by atoms with Crippen LogP contribution in [0, 0.1) is 12.7 Å². The first-order valence-corrected chi connectivity index (χ1v) is 9.63. The van der Waals surface area contributed by atoms with Crippen molar-refractivity contribution in [2.45, 2.75) is 26.3 Å². The molecule has 30 heavy (non-hydrogen) atoms. The minimum atomic E-state index is -0.351. The van der Waals surface area contributed by atoms with Crippen molar-refractivity contribution < 1.29 is 9.18 Å². The third-order valence-corrected chi connectivity index (χ3v) is 4.68. The summed E-state index contributed by atoms with van der Waals surface area (Å²) in [6.07, 6.45) is 0.538. The Morgan fingerprint density at radius 1 is 1.07 bits per heavy atom. The first-order valence-electron chi connectivity index (χ1n) is 9.63. The third-order valence-electron chi connectivity index (χ3n) is 4.68. The summed E-state index contributed by atoms with van der Waals surface area (Å²) in [6.45, 7) is 2.32. The Morgan fingerprint density at radius 2 is 1.90 bits per heavy atom. The van der Waals surface area contributed by atoms with Gasteiger partial charge in [0.05, 0.1) is 0 Å². The van der Waals surface area contributed by atoms with Crippen LogP contribution in [0.2, 0.25) is 0 Å². The van der Waals surface area contributed by atoms with E-state index in [9.17, 15) is 9.18 Å². The number of nitrogens with zero attached hydrogens (tertiary/aromatic N) is 4. The Hall–Kier alpha value is -3.81. The van der Waals surface area contributed by atoms with Gasteiger partial charge < -0.3 is 10.6 Å². The Kier molecular flexibility index (Phi) is 5.65. The van der Waals surface area contributed by atoms with E-state index in [-0.39, 0.29) is 18.1 Å². The minimum Gasteiger partial charge on any atom is -0.365 e. The molecule has 0 unspecified atom stereocenters. The molecule has 2 N–H and O–H groups in total. The van der Waals surface area contributed by atoms with Crippen LogP contribution in [-0.2, 0) is 17.8 Å². The van der Waals surface area contributed by atoms with E-state index in [1.54, 1.807) is 23.6 Å². The second-order valence-corrected chi connectivity index (χ2v) is 6.96. The molecule has 4 rings (SSSR count). The van der Waals surface area contributed by atoms with E-state index >= 15 is 0 Å². The van der Waals surface area contributed by atoms with Gasteiger partial charge in [-0.15, -0.1) is 15.3 Å². The molecule has 152 valence electrons. The normalized spacial score (nSPS) is 10.9. The molecule has 1 amide bonds. The average Bonchev–Trinajstić information content (AvgIpc) is 3.16. The summed E-state index contributed by atoms with van der Waals surface area (Å²) in [4.78, 5) is 12.2. The molecule has 0 aliphatic rings. The number of rotatable bonds is 7. The molecule has 7 nitrogen and oxygen atoms in total. The van der Waals surface area contributed by atoms with Gasteiger partial charge in [-0.2, -0.15) is 4.52 Å². The molecule has 0 aliphatic heterocycles. The molecular weight excluding hydrogens is 383 g/mol. The number of carbonyl (C=O) groups is 1. The molecule has 0 bridgehead atoms. The number of benzene rings is 2. The molecule has 8 heteroatoms. The van der Waals surface area contributed by atoms with Crippen molar-refractivity contribution in [2.24, 2.45) is 0 Å². The van der Waals surface area contributed by atoms with Crippen molar-refractivity contribution in [3.05, 3.63) is 83.4 Å². The fourth-order valence-electron chi connectivity index (χ4n) is 2.99. The summed E-state index contributed by atoms with van der Waals surface area (Å²) in [7, 11) is 0. The van der Waals surface area contributed by atoms with Gasteiger partial charge in [-0.3, -0.25) is 4.79 Å². The molecule has 4 aromatic rings. The first kappa shape index (κ1) is 19.5. The van der Waals surface area contributed by atoms with Crippen LogP contribution in [0.3, 0.4) is 0 Å². The molecule has 2 aromatic heterocycles. The lowest BCUT2D eigenvalue weighted by atomic mass is 10.2. The number of amides is 1. The maximum absolute atomic E-state index is 13.6. The maximum atomic E-state index is 13.6. The first-order chi connectivity index (χ1) is 14.6. The van der Waals surface area contributed by atoms with Crippen LogP contribution in [0.15, 0.2) is 60.7 Å². The fraction of sp³-hybridized carbons (Fsp3) is 0.182. The number of hydrogen-bond donors (Lipinski definition) is 2. The van der Waals surface area contributed by atoms with Gasteiger partial charge in [-0.05, 0) is 42.3 Å². The van der Waals surface area contributed by atoms with Crippen LogP contribution in [0.1, 0.15) is 23.4 Å². The lowest BCUT2D eigenvalue weighted by Gasteiger charge is -2.07. The van der Waals surface area contributed by atoms with E-state index in [1.807, 2.05) is 42.5 Å². The molecule has 0 saturated heterocycles. The van der Waals surface area contributed by atoms with Gasteiger partial charge in [0.2, 0.25) is 5.91 Å². The number of halogens is 1. The van der Waals surface area contributed by atoms with E-state index in [4.69, 9.17) is 0 Å². The van der Waals surface area contributed by atoms with Crippen LogP contribution in [0.4, 0.5) is 15.9 Å². The van der Waals surface area contributed by atoms with E-state index < -0.39 is 0 Å². The number of aryl methyl sites for hydroxylation is 2. The Morgan fingerprint density at radius 3 is 2.70 bits per heavy atom. The van der Waals surface area contributed by atoms with Gasteiger partial charge in [-0.1, -0.05) is 36.4 Å². The van der Waals surface area contributed by atoms with Crippen LogP contribution < -0.4 is 10.6 Å². The predicted molar refractivity (Wildman–Crippen MR) is 113 cm³/mol. The van der Waals surface area contributed by atoms with E-state index in [2.05, 4.69) is 25.9 Å². The smallest absolute Gasteiger partial charge is 0.224 e. The number of hydrogen-bond acceptors (Lipinski definition) is 5. The van der Waals surface area contributed by atoms with Crippen LogP contribution in [0.25, 0.3) is 5.65 Å². The van der Waals surface area contributed by atoms with Gasteiger partial charge in [0, 0.05) is 25.1 Å². The zero-order chi connectivity index (χ0) is 20.9. The summed E-state index contributed by atoms with van der Waals surface area (Å²) < 4.78 is 15.3. The lowest BCUT2D eigenvalue weighted by Crippen LogP contribution is -2.14. The largest absolute Gasteiger partial charge is 0.365 e. The fourth-order valence-corrected chi connectivity index (χ4v) is 2.99. The SMILES string of the molecule is Cc1ccc(NC(=O)CCc2nnc3ccc(NCc4ccccc4)nn23)cc1F. The minimum absolute atomic E-state index is 0.180. The molecule has 0 aliphatic carbocycles. The van der Waals surface area contributed by atoms with Crippen molar-refractivity contribution in [1.82, 2.24) is 19.8 Å². The quantitative estimate of drug-likeness (QED) is 0.490. The molecule has 0 spiro atoms. The Labute approximate surface area is 173 Å². The van der Waals surface area contributed by atoms with Crippen LogP contribution in [0.5, 0.6) is 0 Å². The van der Waals surface area contributed by atoms with Gasteiger partial charge in [0.1, 0.15) is 11.6 Å². The molecule has 0 saturated carbocycles. The Bertz CT molecular complexity index is 1170. The van der Waals surface area contributed by atoms with E-state index in [0.29, 0.717) is 41.5 Å². The highest BCUT2D eigenvalue weighted by molar-refractivity contribution is 5.90. The highest BCUT2D eigenvalue weighted by Crippen LogP contribution is 2.15. The molecule has 0 fully saturated rings. The summed E-state index contributed by atoms with van der Waals surface area (Å²) in [5.74, 6) is 0.690. The molecule has 0 radical (unpaired) electrons. The predicted octanol–water partition coefficient (Wildman–Crippen LogP) is 3.76. The van der Waals surface area contributed by atoms with Crippen molar-refractivity contribution >= 4 is 23.1 Å². The highest BCUT2D eigenvalue weighted by Gasteiger charge is 2.11. The van der Waals surface area contributed by atoms with Crippen LogP contribution in [-0.4, -0.2) is 25.7 Å². The standard InChI is InChI=1S/C22H21FN6O/c1-15-7-8-17(13-18(15)23)25-22(30)12-11-21-27-26-20-10-9-19(28-29(20)21)24-14-16-5-3-2-4-6-16/h2-10,13H,11-12,14H2,1H3,(H,24,28)(H,25,30). The average molecular weight is 404 g/mol. The van der Waals surface area contributed by atoms with Crippen LogP contribution >= 0.6 is 0 Å². The van der Waals surface area contributed by atoms with Gasteiger partial charge in [0.25, 0.3) is 0 Å². The maximum Gasteiger partial charge on any atom is 0.224 e. The van der Waals surface area contributed by atoms with Gasteiger partial charge >= 0.3 is 0 Å². The van der Waals surface area contributed by atoms with E-state index in [1.165, 1.54) is 6.07 Å². The second kappa shape index (κ2) is 8.69.